The van der Waals surface area contributed by atoms with Gasteiger partial charge in [-0.15, -0.1) is 0 Å². The lowest BCUT2D eigenvalue weighted by atomic mass is 9.79. The lowest BCUT2D eigenvalue weighted by molar-refractivity contribution is -0.148. The van der Waals surface area contributed by atoms with E-state index in [9.17, 15) is 4.79 Å². The Bertz CT molecular complexity index is 358. The summed E-state index contributed by atoms with van der Waals surface area (Å²) in [6, 6.07) is 0. The molecule has 14 heavy (non-hydrogen) atoms. The van der Waals surface area contributed by atoms with Crippen molar-refractivity contribution >= 4 is 5.97 Å². The van der Waals surface area contributed by atoms with E-state index in [1.807, 2.05) is 0 Å². The number of methoxy groups -OCH3 is 1. The van der Waals surface area contributed by atoms with Crippen LogP contribution in [-0.2, 0) is 21.5 Å². The Balaban J connectivity index is 2.44. The van der Waals surface area contributed by atoms with Gasteiger partial charge in [0.1, 0.15) is 5.54 Å². The van der Waals surface area contributed by atoms with Gasteiger partial charge in [-0.2, -0.15) is 0 Å². The molecule has 0 fully saturated rings. The Morgan fingerprint density at radius 3 is 3.14 bits per heavy atom. The van der Waals surface area contributed by atoms with Gasteiger partial charge in [0.2, 0.25) is 0 Å². The average Bonchev–Trinajstić information content (AvgIpc) is 2.66. The molecule has 0 spiro atoms. The van der Waals surface area contributed by atoms with Crippen LogP contribution < -0.4 is 5.73 Å². The second kappa shape index (κ2) is 3.13. The average molecular weight is 195 g/mol. The Morgan fingerprint density at radius 1 is 1.64 bits per heavy atom. The van der Waals surface area contributed by atoms with Crippen molar-refractivity contribution in [2.24, 2.45) is 5.73 Å². The van der Waals surface area contributed by atoms with E-state index >= 15 is 0 Å². The fourth-order valence-electron chi connectivity index (χ4n) is 2.00. The van der Waals surface area contributed by atoms with Crippen molar-refractivity contribution in [2.75, 3.05) is 7.11 Å². The van der Waals surface area contributed by atoms with Crippen LogP contribution in [0.5, 0.6) is 0 Å². The highest BCUT2D eigenvalue weighted by atomic mass is 16.5. The van der Waals surface area contributed by atoms with Gasteiger partial charge in [0, 0.05) is 5.56 Å². The summed E-state index contributed by atoms with van der Waals surface area (Å²) >= 11 is 0. The highest BCUT2D eigenvalue weighted by molar-refractivity contribution is 5.83. The predicted molar refractivity (Wildman–Crippen MR) is 49.5 cm³/mol. The molecule has 0 saturated heterocycles. The molecule has 1 atom stereocenters. The third-order valence-corrected chi connectivity index (χ3v) is 2.79. The lowest BCUT2D eigenvalue weighted by Crippen LogP contribution is -2.47. The number of aryl methyl sites for hydroxylation is 1. The number of ether oxygens (including phenoxy) is 1. The van der Waals surface area contributed by atoms with E-state index in [1.54, 1.807) is 12.5 Å². The van der Waals surface area contributed by atoms with Crippen LogP contribution in [0.25, 0.3) is 0 Å². The van der Waals surface area contributed by atoms with Crippen molar-refractivity contribution in [3.63, 3.8) is 0 Å². The van der Waals surface area contributed by atoms with Gasteiger partial charge in [-0.05, 0) is 24.8 Å². The second-order valence-electron chi connectivity index (χ2n) is 3.63. The molecule has 1 aromatic rings. The number of fused-ring (bicyclic) bond motifs is 1. The number of carbonyl (C=O) groups excluding carboxylic acids is 1. The van der Waals surface area contributed by atoms with Gasteiger partial charge < -0.3 is 14.9 Å². The van der Waals surface area contributed by atoms with E-state index in [0.29, 0.717) is 6.42 Å². The summed E-state index contributed by atoms with van der Waals surface area (Å²) in [6.45, 7) is 0. The summed E-state index contributed by atoms with van der Waals surface area (Å²) in [7, 11) is 1.35. The number of hydrogen-bond acceptors (Lipinski definition) is 4. The van der Waals surface area contributed by atoms with Gasteiger partial charge in [0.25, 0.3) is 0 Å². The first-order valence-electron chi connectivity index (χ1n) is 4.61. The summed E-state index contributed by atoms with van der Waals surface area (Å²) in [5.41, 5.74) is 6.82. The summed E-state index contributed by atoms with van der Waals surface area (Å²) in [5.74, 6) is -0.389. The number of esters is 1. The zero-order valence-electron chi connectivity index (χ0n) is 8.08. The van der Waals surface area contributed by atoms with Crippen LogP contribution in [0.15, 0.2) is 16.9 Å². The molecule has 1 aliphatic rings. The highest BCUT2D eigenvalue weighted by Gasteiger charge is 2.41. The molecule has 0 saturated carbocycles. The highest BCUT2D eigenvalue weighted by Crippen LogP contribution is 2.34. The normalized spacial score (nSPS) is 25.6. The van der Waals surface area contributed by atoms with Gasteiger partial charge in [-0.1, -0.05) is 0 Å². The fourth-order valence-corrected chi connectivity index (χ4v) is 2.00. The zero-order chi connectivity index (χ0) is 10.2. The number of rotatable bonds is 1. The van der Waals surface area contributed by atoms with Gasteiger partial charge in [0.15, 0.2) is 0 Å². The smallest absolute Gasteiger partial charge is 0.330 e. The van der Waals surface area contributed by atoms with Crippen molar-refractivity contribution in [3.05, 3.63) is 23.7 Å². The van der Waals surface area contributed by atoms with Crippen LogP contribution in [0.1, 0.15) is 24.0 Å². The molecule has 0 bridgehead atoms. The quantitative estimate of drug-likeness (QED) is 0.677. The van der Waals surface area contributed by atoms with Gasteiger partial charge >= 0.3 is 5.97 Å². The standard InChI is InChI=1S/C10H13NO3/c1-13-9(12)10(11)4-2-3-7-5-14-6-8(7)10/h5-6H,2-4,11H2,1H3. The maximum atomic E-state index is 11.6. The van der Waals surface area contributed by atoms with Crippen molar-refractivity contribution < 1.29 is 13.9 Å². The molecule has 4 nitrogen and oxygen atoms in total. The molecule has 1 aliphatic carbocycles. The zero-order valence-corrected chi connectivity index (χ0v) is 8.08. The first-order valence-corrected chi connectivity index (χ1v) is 4.61. The van der Waals surface area contributed by atoms with Crippen LogP contribution >= 0.6 is 0 Å². The van der Waals surface area contributed by atoms with Crippen LogP contribution in [0.3, 0.4) is 0 Å². The minimum absolute atomic E-state index is 0.389. The van der Waals surface area contributed by atoms with Gasteiger partial charge in [0.05, 0.1) is 19.6 Å². The summed E-state index contributed by atoms with van der Waals surface area (Å²) in [4.78, 5) is 11.6. The molecular weight excluding hydrogens is 182 g/mol. The monoisotopic (exact) mass is 195 g/mol. The SMILES string of the molecule is COC(=O)C1(N)CCCc2cocc21. The molecule has 1 aromatic heterocycles. The van der Waals surface area contributed by atoms with E-state index in [4.69, 9.17) is 14.9 Å². The molecule has 4 heteroatoms. The maximum Gasteiger partial charge on any atom is 0.330 e. The van der Waals surface area contributed by atoms with Crippen LogP contribution in [0.2, 0.25) is 0 Å². The van der Waals surface area contributed by atoms with Crippen molar-refractivity contribution in [1.82, 2.24) is 0 Å². The van der Waals surface area contributed by atoms with Crippen LogP contribution in [-0.4, -0.2) is 13.1 Å². The third kappa shape index (κ3) is 1.14. The second-order valence-corrected chi connectivity index (χ2v) is 3.63. The van der Waals surface area contributed by atoms with E-state index in [1.165, 1.54) is 7.11 Å². The number of carbonyl (C=O) groups is 1. The molecule has 1 unspecified atom stereocenters. The largest absolute Gasteiger partial charge is 0.472 e. The Hall–Kier alpha value is -1.29. The molecule has 0 aromatic carbocycles. The molecule has 0 aliphatic heterocycles. The van der Waals surface area contributed by atoms with Gasteiger partial charge in [-0.3, -0.25) is 0 Å². The van der Waals surface area contributed by atoms with Gasteiger partial charge in [-0.25, -0.2) is 4.79 Å². The number of furan rings is 1. The number of nitrogens with two attached hydrogens (primary N) is 1. The molecule has 2 N–H and O–H groups in total. The maximum absolute atomic E-state index is 11.6. The molecule has 1 heterocycles. The third-order valence-electron chi connectivity index (χ3n) is 2.79. The minimum Gasteiger partial charge on any atom is -0.472 e. The summed E-state index contributed by atoms with van der Waals surface area (Å²) < 4.78 is 9.78. The first-order chi connectivity index (χ1) is 6.68. The summed E-state index contributed by atoms with van der Waals surface area (Å²) in [6.07, 6.45) is 5.62. The fraction of sp³-hybridized carbons (Fsp3) is 0.500. The van der Waals surface area contributed by atoms with Crippen LogP contribution in [0, 0.1) is 0 Å². The van der Waals surface area contributed by atoms with E-state index in [0.717, 1.165) is 24.0 Å². The minimum atomic E-state index is -1.00. The Morgan fingerprint density at radius 2 is 2.43 bits per heavy atom. The van der Waals surface area contributed by atoms with Crippen molar-refractivity contribution in [3.8, 4) is 0 Å². The predicted octanol–water partition coefficient (Wildman–Crippen LogP) is 0.943. The first kappa shape index (κ1) is 9.27. The molecule has 0 radical (unpaired) electrons. The van der Waals surface area contributed by atoms with E-state index in [-0.39, 0.29) is 5.97 Å². The van der Waals surface area contributed by atoms with E-state index in [2.05, 4.69) is 0 Å². The molecule has 76 valence electrons. The molecule has 0 amide bonds. The lowest BCUT2D eigenvalue weighted by Gasteiger charge is -2.29. The summed E-state index contributed by atoms with van der Waals surface area (Å²) in [5, 5.41) is 0. The Kier molecular flexibility index (Phi) is 2.07. The number of hydrogen-bond donors (Lipinski definition) is 1. The van der Waals surface area contributed by atoms with E-state index < -0.39 is 5.54 Å². The molecular formula is C10H13NO3. The molecule has 2 rings (SSSR count). The van der Waals surface area contributed by atoms with Crippen molar-refractivity contribution in [2.45, 2.75) is 24.8 Å². The van der Waals surface area contributed by atoms with Crippen molar-refractivity contribution in [1.29, 1.82) is 0 Å². The Labute approximate surface area is 82.0 Å². The topological polar surface area (TPSA) is 65.5 Å². The van der Waals surface area contributed by atoms with Crippen LogP contribution in [0.4, 0.5) is 0 Å².